The van der Waals surface area contributed by atoms with Gasteiger partial charge in [0.05, 0.1) is 22.8 Å². The van der Waals surface area contributed by atoms with Crippen molar-refractivity contribution in [1.82, 2.24) is 0 Å². The number of ether oxygens (including phenoxy) is 2. The van der Waals surface area contributed by atoms with E-state index in [4.69, 9.17) is 38.4 Å². The van der Waals surface area contributed by atoms with Gasteiger partial charge in [-0.25, -0.2) is 4.39 Å². The second-order valence-corrected chi connectivity index (χ2v) is 5.61. The van der Waals surface area contributed by atoms with Gasteiger partial charge in [0.1, 0.15) is 0 Å². The van der Waals surface area contributed by atoms with E-state index in [9.17, 15) is 14.0 Å². The van der Waals surface area contributed by atoms with Crippen molar-refractivity contribution in [3.63, 3.8) is 0 Å². The zero-order valence-electron chi connectivity index (χ0n) is 12.9. The molecule has 0 atom stereocenters. The molecule has 0 spiro atoms. The predicted molar refractivity (Wildman–Crippen MR) is 92.1 cm³/mol. The van der Waals surface area contributed by atoms with Crippen LogP contribution in [-0.4, -0.2) is 25.5 Å². The Bertz CT molecular complexity index is 830. The summed E-state index contributed by atoms with van der Waals surface area (Å²) in [5.41, 5.74) is 5.02. The Morgan fingerprint density at radius 2 is 1.96 bits per heavy atom. The first-order chi connectivity index (χ1) is 11.8. The normalized spacial score (nSPS) is 10.2. The van der Waals surface area contributed by atoms with Crippen LogP contribution in [0.2, 0.25) is 10.0 Å². The maximum atomic E-state index is 13.9. The van der Waals surface area contributed by atoms with Crippen molar-refractivity contribution in [2.45, 2.75) is 0 Å². The van der Waals surface area contributed by atoms with Crippen LogP contribution in [0.15, 0.2) is 30.3 Å². The third-order valence-corrected chi connectivity index (χ3v) is 3.62. The minimum absolute atomic E-state index is 0.0253. The molecule has 25 heavy (non-hydrogen) atoms. The SMILES string of the molecule is COc1cc(C(=O)Nc2cccc(Cl)c2F)cc(Cl)c1OCC(N)=O. The molecule has 0 fully saturated rings. The van der Waals surface area contributed by atoms with Crippen molar-refractivity contribution >= 4 is 40.7 Å². The molecule has 0 heterocycles. The maximum Gasteiger partial charge on any atom is 0.255 e. The van der Waals surface area contributed by atoms with Crippen molar-refractivity contribution < 1.29 is 23.5 Å². The molecule has 0 saturated heterocycles. The summed E-state index contributed by atoms with van der Waals surface area (Å²) >= 11 is 11.7. The van der Waals surface area contributed by atoms with Crippen molar-refractivity contribution in [2.24, 2.45) is 5.73 Å². The fourth-order valence-corrected chi connectivity index (χ4v) is 2.37. The molecule has 3 N–H and O–H groups in total. The van der Waals surface area contributed by atoms with Crippen molar-refractivity contribution in [3.05, 3.63) is 51.8 Å². The first kappa shape index (κ1) is 18.8. The molecule has 2 aromatic rings. The molecule has 0 aliphatic heterocycles. The molecule has 0 aromatic heterocycles. The van der Waals surface area contributed by atoms with Gasteiger partial charge in [0.15, 0.2) is 23.9 Å². The quantitative estimate of drug-likeness (QED) is 0.796. The molecule has 2 aromatic carbocycles. The number of amides is 2. The maximum absolute atomic E-state index is 13.9. The standard InChI is InChI=1S/C16H13Cl2FN2O4/c1-24-12-6-8(5-10(18)15(12)25-7-13(20)22)16(23)21-11-4-2-3-9(17)14(11)19/h2-6H,7H2,1H3,(H2,20,22)(H,21,23). The summed E-state index contributed by atoms with van der Waals surface area (Å²) in [6.07, 6.45) is 0. The fourth-order valence-electron chi connectivity index (χ4n) is 1.93. The van der Waals surface area contributed by atoms with Crippen LogP contribution in [0.25, 0.3) is 0 Å². The highest BCUT2D eigenvalue weighted by Crippen LogP contribution is 2.36. The van der Waals surface area contributed by atoms with E-state index in [0.29, 0.717) is 0 Å². The Labute approximate surface area is 152 Å². The van der Waals surface area contributed by atoms with E-state index in [-0.39, 0.29) is 32.8 Å². The Kier molecular flexibility index (Phi) is 6.06. The zero-order chi connectivity index (χ0) is 18.6. The minimum Gasteiger partial charge on any atom is -0.493 e. The van der Waals surface area contributed by atoms with Gasteiger partial charge >= 0.3 is 0 Å². The highest BCUT2D eigenvalue weighted by atomic mass is 35.5. The van der Waals surface area contributed by atoms with E-state index in [1.165, 1.54) is 37.4 Å². The second-order valence-electron chi connectivity index (χ2n) is 4.80. The highest BCUT2D eigenvalue weighted by Gasteiger charge is 2.18. The number of benzene rings is 2. The second kappa shape index (κ2) is 8.04. The summed E-state index contributed by atoms with van der Waals surface area (Å²) in [6.45, 7) is -0.407. The summed E-state index contributed by atoms with van der Waals surface area (Å²) in [6, 6.07) is 6.84. The Balaban J connectivity index is 2.29. The van der Waals surface area contributed by atoms with Crippen LogP contribution in [0, 0.1) is 5.82 Å². The Morgan fingerprint density at radius 1 is 1.24 bits per heavy atom. The molecule has 0 radical (unpaired) electrons. The van der Waals surface area contributed by atoms with Gasteiger partial charge in [0, 0.05) is 5.56 Å². The molecule has 0 aliphatic rings. The van der Waals surface area contributed by atoms with Gasteiger partial charge in [-0.2, -0.15) is 0 Å². The average Bonchev–Trinajstić information content (AvgIpc) is 2.56. The largest absolute Gasteiger partial charge is 0.493 e. The minimum atomic E-state index is -0.753. The molecule has 0 saturated carbocycles. The van der Waals surface area contributed by atoms with E-state index in [2.05, 4.69) is 5.32 Å². The summed E-state index contributed by atoms with van der Waals surface area (Å²) < 4.78 is 24.2. The number of nitrogens with two attached hydrogens (primary N) is 1. The molecule has 0 aliphatic carbocycles. The number of hydrogen-bond donors (Lipinski definition) is 2. The molecule has 9 heteroatoms. The number of methoxy groups -OCH3 is 1. The van der Waals surface area contributed by atoms with Gasteiger partial charge in [-0.1, -0.05) is 29.3 Å². The number of carbonyl (C=O) groups is 2. The number of nitrogens with one attached hydrogen (secondary N) is 1. The first-order valence-electron chi connectivity index (χ1n) is 6.87. The van der Waals surface area contributed by atoms with Crippen LogP contribution < -0.4 is 20.5 Å². The first-order valence-corrected chi connectivity index (χ1v) is 7.63. The number of rotatable bonds is 6. The molecule has 0 bridgehead atoms. The topological polar surface area (TPSA) is 90.7 Å². The summed E-state index contributed by atoms with van der Waals surface area (Å²) in [5.74, 6) is -1.91. The van der Waals surface area contributed by atoms with Gasteiger partial charge in [0.25, 0.3) is 11.8 Å². The zero-order valence-corrected chi connectivity index (χ0v) is 14.4. The van der Waals surface area contributed by atoms with E-state index < -0.39 is 24.2 Å². The fraction of sp³-hybridized carbons (Fsp3) is 0.125. The smallest absolute Gasteiger partial charge is 0.255 e. The van der Waals surface area contributed by atoms with Crippen LogP contribution >= 0.6 is 23.2 Å². The van der Waals surface area contributed by atoms with Crippen LogP contribution in [-0.2, 0) is 4.79 Å². The van der Waals surface area contributed by atoms with Gasteiger partial charge in [0.2, 0.25) is 0 Å². The highest BCUT2D eigenvalue weighted by molar-refractivity contribution is 6.33. The van der Waals surface area contributed by atoms with Crippen LogP contribution in [0.4, 0.5) is 10.1 Å². The van der Waals surface area contributed by atoms with E-state index in [1.54, 1.807) is 0 Å². The molecule has 132 valence electrons. The monoisotopic (exact) mass is 386 g/mol. The van der Waals surface area contributed by atoms with Crippen molar-refractivity contribution in [1.29, 1.82) is 0 Å². The van der Waals surface area contributed by atoms with E-state index in [1.807, 2.05) is 0 Å². The number of hydrogen-bond acceptors (Lipinski definition) is 4. The molecule has 2 rings (SSSR count). The van der Waals surface area contributed by atoms with Crippen LogP contribution in [0.1, 0.15) is 10.4 Å². The Morgan fingerprint density at radius 3 is 2.60 bits per heavy atom. The number of anilines is 1. The van der Waals surface area contributed by atoms with Crippen LogP contribution in [0.5, 0.6) is 11.5 Å². The van der Waals surface area contributed by atoms with Crippen molar-refractivity contribution in [3.8, 4) is 11.5 Å². The lowest BCUT2D eigenvalue weighted by atomic mass is 10.1. The number of primary amides is 1. The molecule has 6 nitrogen and oxygen atoms in total. The lowest BCUT2D eigenvalue weighted by Gasteiger charge is -2.13. The summed E-state index contributed by atoms with van der Waals surface area (Å²) in [7, 11) is 1.33. The van der Waals surface area contributed by atoms with E-state index >= 15 is 0 Å². The third-order valence-electron chi connectivity index (χ3n) is 3.05. The molecule has 0 unspecified atom stereocenters. The predicted octanol–water partition coefficient (Wildman–Crippen LogP) is 3.26. The van der Waals surface area contributed by atoms with Crippen LogP contribution in [0.3, 0.4) is 0 Å². The van der Waals surface area contributed by atoms with Crippen molar-refractivity contribution in [2.75, 3.05) is 19.0 Å². The van der Waals surface area contributed by atoms with E-state index in [0.717, 1.165) is 0 Å². The lowest BCUT2D eigenvalue weighted by molar-refractivity contribution is -0.119. The number of halogens is 3. The van der Waals surface area contributed by atoms with Gasteiger partial charge < -0.3 is 20.5 Å². The van der Waals surface area contributed by atoms with Gasteiger partial charge in [-0.05, 0) is 24.3 Å². The molecular weight excluding hydrogens is 374 g/mol. The Hall–Kier alpha value is -2.51. The summed E-state index contributed by atoms with van der Waals surface area (Å²) in [4.78, 5) is 23.1. The summed E-state index contributed by atoms with van der Waals surface area (Å²) in [5, 5.41) is 2.29. The van der Waals surface area contributed by atoms with Gasteiger partial charge in [-0.15, -0.1) is 0 Å². The average molecular weight is 387 g/mol. The van der Waals surface area contributed by atoms with Gasteiger partial charge in [-0.3, -0.25) is 9.59 Å². The molecular formula is C16H13Cl2FN2O4. The molecule has 2 amide bonds. The number of carbonyl (C=O) groups excluding carboxylic acids is 2. The lowest BCUT2D eigenvalue weighted by Crippen LogP contribution is -2.20. The third kappa shape index (κ3) is 4.52.